The average Bonchev–Trinajstić information content (AvgIpc) is 2.65. The largest absolute Gasteiger partial charge is 0.491 e. The third-order valence-corrected chi connectivity index (χ3v) is 5.87. The molecular weight excluding hydrogens is 368 g/mol. The number of aliphatic hydroxyl groups is 1. The van der Waals surface area contributed by atoms with E-state index in [4.69, 9.17) is 9.84 Å². The smallest absolute Gasteiger partial charge is 0.225 e. The van der Waals surface area contributed by atoms with E-state index in [0.29, 0.717) is 26.1 Å². The van der Waals surface area contributed by atoms with Gasteiger partial charge in [0.2, 0.25) is 7.37 Å². The van der Waals surface area contributed by atoms with Crippen LogP contribution in [0.4, 0.5) is 4.39 Å². The topological polar surface area (TPSA) is 78.8 Å². The zero-order chi connectivity index (χ0) is 20.0. The molecule has 0 aliphatic carbocycles. The fraction of sp³-hybridized carbons (Fsp3) is 0.700. The van der Waals surface area contributed by atoms with Crippen LogP contribution in [0.5, 0.6) is 5.75 Å². The predicted octanol–water partition coefficient (Wildman–Crippen LogP) is 4.66. The predicted molar refractivity (Wildman–Crippen MR) is 108 cm³/mol. The molecular formula is C20H35FNO4P. The van der Waals surface area contributed by atoms with Gasteiger partial charge in [-0.25, -0.2) is 4.39 Å². The number of hydrogen-bond donors (Lipinski definition) is 3. The standard InChI is InChI=1S/C20H35FNO4P/c1-2-3-4-5-6-7-8-13-26-20-11-10-18(15-19(20)21)16-22-12-9-14-27(24,25)17-23/h10-11,15,22-23H,2-9,12-14,16-17H2,1H3,(H,24,25). The van der Waals surface area contributed by atoms with Crippen LogP contribution in [0, 0.1) is 5.82 Å². The van der Waals surface area contributed by atoms with Crippen molar-refractivity contribution in [1.29, 1.82) is 0 Å². The molecule has 0 saturated carbocycles. The average molecular weight is 403 g/mol. The Morgan fingerprint density at radius 1 is 1.11 bits per heavy atom. The van der Waals surface area contributed by atoms with E-state index < -0.39 is 13.7 Å². The molecule has 0 aromatic heterocycles. The Balaban J connectivity index is 2.19. The summed E-state index contributed by atoms with van der Waals surface area (Å²) in [6, 6.07) is 4.93. The van der Waals surface area contributed by atoms with Crippen molar-refractivity contribution in [2.45, 2.75) is 64.8 Å². The van der Waals surface area contributed by atoms with Crippen LogP contribution >= 0.6 is 7.37 Å². The Hall–Kier alpha value is -0.940. The SMILES string of the molecule is CCCCCCCCCOc1ccc(CNCCCP(=O)(O)CO)cc1F. The van der Waals surface area contributed by atoms with Gasteiger partial charge in [0.15, 0.2) is 11.6 Å². The highest BCUT2D eigenvalue weighted by Crippen LogP contribution is 2.39. The van der Waals surface area contributed by atoms with E-state index in [1.807, 2.05) is 6.07 Å². The van der Waals surface area contributed by atoms with E-state index in [-0.39, 0.29) is 17.7 Å². The number of benzene rings is 1. The van der Waals surface area contributed by atoms with Gasteiger partial charge in [0.05, 0.1) is 6.61 Å². The van der Waals surface area contributed by atoms with Crippen LogP contribution in [0.3, 0.4) is 0 Å². The second-order valence-electron chi connectivity index (χ2n) is 6.98. The van der Waals surface area contributed by atoms with Crippen LogP contribution in [0.25, 0.3) is 0 Å². The minimum absolute atomic E-state index is 0.0796. The van der Waals surface area contributed by atoms with Crippen molar-refractivity contribution in [2.24, 2.45) is 0 Å². The van der Waals surface area contributed by atoms with Crippen LogP contribution in [0.2, 0.25) is 0 Å². The fourth-order valence-electron chi connectivity index (χ4n) is 2.77. The molecule has 1 aromatic rings. The Morgan fingerprint density at radius 2 is 1.81 bits per heavy atom. The van der Waals surface area contributed by atoms with Crippen molar-refractivity contribution < 1.29 is 23.7 Å². The second-order valence-corrected chi connectivity index (χ2v) is 9.40. The summed E-state index contributed by atoms with van der Waals surface area (Å²) < 4.78 is 30.9. The van der Waals surface area contributed by atoms with Crippen LogP contribution in [0.15, 0.2) is 18.2 Å². The lowest BCUT2D eigenvalue weighted by molar-refractivity contribution is 0.289. The molecule has 0 heterocycles. The van der Waals surface area contributed by atoms with Crippen molar-refractivity contribution in [3.63, 3.8) is 0 Å². The number of unbranched alkanes of at least 4 members (excludes halogenated alkanes) is 6. The Labute approximate surface area is 162 Å². The highest BCUT2D eigenvalue weighted by molar-refractivity contribution is 7.57. The quantitative estimate of drug-likeness (QED) is 0.276. The van der Waals surface area contributed by atoms with E-state index in [0.717, 1.165) is 18.4 Å². The fourth-order valence-corrected chi connectivity index (χ4v) is 3.56. The number of nitrogens with one attached hydrogen (secondary N) is 1. The van der Waals surface area contributed by atoms with Gasteiger partial charge in [-0.05, 0) is 37.1 Å². The molecule has 0 radical (unpaired) electrons. The normalized spacial score (nSPS) is 13.5. The van der Waals surface area contributed by atoms with Gasteiger partial charge < -0.3 is 20.1 Å². The van der Waals surface area contributed by atoms with E-state index in [2.05, 4.69) is 12.2 Å². The van der Waals surface area contributed by atoms with Crippen molar-refractivity contribution in [3.8, 4) is 5.75 Å². The first-order valence-electron chi connectivity index (χ1n) is 10.0. The van der Waals surface area contributed by atoms with Gasteiger partial charge in [0, 0.05) is 12.7 Å². The Kier molecular flexibility index (Phi) is 12.6. The summed E-state index contributed by atoms with van der Waals surface area (Å²) in [5, 5.41) is 11.8. The molecule has 0 saturated heterocycles. The molecule has 156 valence electrons. The Bertz CT molecular complexity index is 571. The van der Waals surface area contributed by atoms with Crippen LogP contribution in [-0.4, -0.2) is 35.7 Å². The van der Waals surface area contributed by atoms with Gasteiger partial charge >= 0.3 is 0 Å². The number of aliphatic hydroxyl groups excluding tert-OH is 1. The molecule has 0 fully saturated rings. The number of ether oxygens (including phenoxy) is 1. The van der Waals surface area contributed by atoms with Crippen molar-refractivity contribution >= 4 is 7.37 Å². The number of rotatable bonds is 16. The monoisotopic (exact) mass is 403 g/mol. The first kappa shape index (κ1) is 24.1. The van der Waals surface area contributed by atoms with Gasteiger partial charge in [-0.3, -0.25) is 4.57 Å². The highest BCUT2D eigenvalue weighted by atomic mass is 31.2. The third kappa shape index (κ3) is 11.5. The van der Waals surface area contributed by atoms with E-state index >= 15 is 0 Å². The summed E-state index contributed by atoms with van der Waals surface area (Å²) in [6.45, 7) is 3.75. The van der Waals surface area contributed by atoms with Crippen LogP contribution in [-0.2, 0) is 11.1 Å². The van der Waals surface area contributed by atoms with Gasteiger partial charge in [0.1, 0.15) is 6.35 Å². The molecule has 3 N–H and O–H groups in total. The molecule has 0 aliphatic heterocycles. The van der Waals surface area contributed by atoms with Crippen molar-refractivity contribution in [1.82, 2.24) is 5.32 Å². The van der Waals surface area contributed by atoms with Gasteiger partial charge in [0.25, 0.3) is 0 Å². The molecule has 5 nitrogen and oxygen atoms in total. The summed E-state index contributed by atoms with van der Waals surface area (Å²) >= 11 is 0. The molecule has 0 spiro atoms. The van der Waals surface area contributed by atoms with Gasteiger partial charge in [-0.15, -0.1) is 0 Å². The third-order valence-electron chi connectivity index (χ3n) is 4.41. The van der Waals surface area contributed by atoms with Crippen LogP contribution < -0.4 is 10.1 Å². The summed E-state index contributed by atoms with van der Waals surface area (Å²) in [7, 11) is -3.38. The van der Waals surface area contributed by atoms with Gasteiger partial charge in [-0.2, -0.15) is 0 Å². The molecule has 1 atom stereocenters. The summed E-state index contributed by atoms with van der Waals surface area (Å²) in [5.74, 6) is -0.0775. The van der Waals surface area contributed by atoms with E-state index in [1.54, 1.807) is 6.07 Å². The van der Waals surface area contributed by atoms with E-state index in [9.17, 15) is 13.8 Å². The molecule has 1 rings (SSSR count). The second kappa shape index (κ2) is 14.1. The maximum atomic E-state index is 14.1. The highest BCUT2D eigenvalue weighted by Gasteiger charge is 2.15. The van der Waals surface area contributed by atoms with Crippen molar-refractivity contribution in [2.75, 3.05) is 25.7 Å². The first-order valence-corrected chi connectivity index (χ1v) is 12.0. The first-order chi connectivity index (χ1) is 13.0. The maximum Gasteiger partial charge on any atom is 0.225 e. The number of hydrogen-bond acceptors (Lipinski definition) is 4. The zero-order valence-electron chi connectivity index (χ0n) is 16.5. The van der Waals surface area contributed by atoms with Crippen molar-refractivity contribution in [3.05, 3.63) is 29.6 Å². The molecule has 0 amide bonds. The number of halogens is 1. The zero-order valence-corrected chi connectivity index (χ0v) is 17.4. The van der Waals surface area contributed by atoms with Crippen LogP contribution in [0.1, 0.15) is 63.9 Å². The summed E-state index contributed by atoms with van der Waals surface area (Å²) in [6.07, 6.45) is 8.26. The summed E-state index contributed by atoms with van der Waals surface area (Å²) in [4.78, 5) is 9.27. The van der Waals surface area contributed by atoms with E-state index in [1.165, 1.54) is 38.2 Å². The lowest BCUT2D eigenvalue weighted by atomic mass is 10.1. The molecule has 0 aliphatic rings. The molecule has 7 heteroatoms. The molecule has 1 unspecified atom stereocenters. The molecule has 1 aromatic carbocycles. The summed E-state index contributed by atoms with van der Waals surface area (Å²) in [5.41, 5.74) is 0.796. The Morgan fingerprint density at radius 3 is 2.48 bits per heavy atom. The molecule has 0 bridgehead atoms. The maximum absolute atomic E-state index is 14.1. The lowest BCUT2D eigenvalue weighted by Gasteiger charge is -2.10. The minimum atomic E-state index is -3.38. The molecule has 27 heavy (non-hydrogen) atoms. The lowest BCUT2D eigenvalue weighted by Crippen LogP contribution is -2.16. The van der Waals surface area contributed by atoms with Gasteiger partial charge in [-0.1, -0.05) is 51.5 Å². The minimum Gasteiger partial charge on any atom is -0.491 e.